The number of aliphatic hydroxyl groups excluding tert-OH is 4. The Morgan fingerprint density at radius 2 is 1.80 bits per heavy atom. The standard InChI is InChI=1S/C15H23NO4/c1-10(11-5-3-2-4-6-11)7-16-8-13(18)15(20)14(19)12(16)9-17/h2-6,10,12-15,17-20H,7-9H2,1H3/t10-,12+,13+,14-,15-/m1/s1. The average Bonchev–Trinajstić information content (AvgIpc) is 2.46. The largest absolute Gasteiger partial charge is 0.395 e. The Hall–Kier alpha value is -0.980. The van der Waals surface area contributed by atoms with Gasteiger partial charge in [-0.15, -0.1) is 0 Å². The maximum atomic E-state index is 9.95. The van der Waals surface area contributed by atoms with Crippen LogP contribution in [0.1, 0.15) is 18.4 Å². The third kappa shape index (κ3) is 3.19. The van der Waals surface area contributed by atoms with Crippen molar-refractivity contribution < 1.29 is 20.4 Å². The Balaban J connectivity index is 2.07. The molecule has 5 heteroatoms. The number of aliphatic hydroxyl groups is 4. The zero-order valence-electron chi connectivity index (χ0n) is 11.6. The van der Waals surface area contributed by atoms with Gasteiger partial charge in [0, 0.05) is 13.1 Å². The highest BCUT2D eigenvalue weighted by Crippen LogP contribution is 2.23. The van der Waals surface area contributed by atoms with E-state index in [1.165, 1.54) is 5.56 Å². The zero-order valence-corrected chi connectivity index (χ0v) is 11.6. The second kappa shape index (κ2) is 6.65. The van der Waals surface area contributed by atoms with Gasteiger partial charge in [0.05, 0.1) is 18.8 Å². The summed E-state index contributed by atoms with van der Waals surface area (Å²) in [6, 6.07) is 9.42. The molecule has 1 aromatic rings. The molecule has 2 rings (SSSR count). The second-order valence-corrected chi connectivity index (χ2v) is 5.56. The Bertz CT molecular complexity index is 414. The summed E-state index contributed by atoms with van der Waals surface area (Å²) in [5, 5.41) is 38.8. The number of rotatable bonds is 4. The van der Waals surface area contributed by atoms with Gasteiger partial charge >= 0.3 is 0 Å². The van der Waals surface area contributed by atoms with Gasteiger partial charge in [-0.1, -0.05) is 37.3 Å². The number of hydrogen-bond donors (Lipinski definition) is 4. The van der Waals surface area contributed by atoms with Gasteiger partial charge in [0.25, 0.3) is 0 Å². The predicted molar refractivity (Wildman–Crippen MR) is 75.3 cm³/mol. The Kier molecular flexibility index (Phi) is 5.12. The van der Waals surface area contributed by atoms with E-state index < -0.39 is 24.4 Å². The van der Waals surface area contributed by atoms with Gasteiger partial charge in [0.2, 0.25) is 0 Å². The minimum Gasteiger partial charge on any atom is -0.395 e. The summed E-state index contributed by atoms with van der Waals surface area (Å²) >= 11 is 0. The highest BCUT2D eigenvalue weighted by molar-refractivity contribution is 5.19. The lowest BCUT2D eigenvalue weighted by Crippen LogP contribution is -2.62. The molecule has 0 aliphatic carbocycles. The topological polar surface area (TPSA) is 84.2 Å². The van der Waals surface area contributed by atoms with Crippen molar-refractivity contribution in [3.05, 3.63) is 35.9 Å². The second-order valence-electron chi connectivity index (χ2n) is 5.56. The van der Waals surface area contributed by atoms with E-state index in [1.807, 2.05) is 35.2 Å². The SMILES string of the molecule is C[C@H](CN1C[C@H](O)[C@@H](O)[C@H](O)[C@@H]1CO)c1ccccc1. The van der Waals surface area contributed by atoms with Gasteiger partial charge in [-0.2, -0.15) is 0 Å². The first kappa shape index (κ1) is 15.4. The van der Waals surface area contributed by atoms with Gasteiger partial charge in [-0.3, -0.25) is 4.90 Å². The summed E-state index contributed by atoms with van der Waals surface area (Å²) in [6.07, 6.45) is -3.32. The van der Waals surface area contributed by atoms with Crippen LogP contribution in [0.25, 0.3) is 0 Å². The van der Waals surface area contributed by atoms with E-state index in [1.54, 1.807) is 0 Å². The Morgan fingerprint density at radius 3 is 2.40 bits per heavy atom. The fourth-order valence-electron chi connectivity index (χ4n) is 2.83. The molecule has 1 aliphatic heterocycles. The minimum atomic E-state index is -1.20. The van der Waals surface area contributed by atoms with Crippen molar-refractivity contribution in [2.75, 3.05) is 19.7 Å². The predicted octanol–water partition coefficient (Wildman–Crippen LogP) is -0.451. The first-order valence-electron chi connectivity index (χ1n) is 6.98. The molecule has 0 radical (unpaired) electrons. The van der Waals surface area contributed by atoms with E-state index in [4.69, 9.17) is 0 Å². The lowest BCUT2D eigenvalue weighted by Gasteiger charge is -2.44. The van der Waals surface area contributed by atoms with E-state index >= 15 is 0 Å². The van der Waals surface area contributed by atoms with Crippen molar-refractivity contribution in [2.24, 2.45) is 0 Å². The monoisotopic (exact) mass is 281 g/mol. The maximum absolute atomic E-state index is 9.95. The van der Waals surface area contributed by atoms with Crippen molar-refractivity contribution in [3.63, 3.8) is 0 Å². The van der Waals surface area contributed by atoms with Crippen molar-refractivity contribution in [1.29, 1.82) is 0 Å². The van der Waals surface area contributed by atoms with Gasteiger partial charge in [-0.25, -0.2) is 0 Å². The molecule has 0 aromatic heterocycles. The maximum Gasteiger partial charge on any atom is 0.109 e. The van der Waals surface area contributed by atoms with Crippen LogP contribution in [0, 0.1) is 0 Å². The molecule has 1 fully saturated rings. The molecule has 112 valence electrons. The van der Waals surface area contributed by atoms with E-state index in [0.717, 1.165) is 0 Å². The number of hydrogen-bond acceptors (Lipinski definition) is 5. The van der Waals surface area contributed by atoms with Crippen molar-refractivity contribution in [2.45, 2.75) is 37.2 Å². The molecule has 1 saturated heterocycles. The van der Waals surface area contributed by atoms with E-state index in [-0.39, 0.29) is 19.1 Å². The molecule has 5 nitrogen and oxygen atoms in total. The fraction of sp³-hybridized carbons (Fsp3) is 0.600. The Labute approximate surface area is 119 Å². The molecule has 1 aliphatic rings. The van der Waals surface area contributed by atoms with Crippen molar-refractivity contribution >= 4 is 0 Å². The van der Waals surface area contributed by atoms with E-state index in [9.17, 15) is 20.4 Å². The number of benzene rings is 1. The third-order valence-corrected chi connectivity index (χ3v) is 4.09. The highest BCUT2D eigenvalue weighted by Gasteiger charge is 2.41. The molecule has 1 aromatic carbocycles. The lowest BCUT2D eigenvalue weighted by molar-refractivity contribution is -0.145. The molecular weight excluding hydrogens is 258 g/mol. The van der Waals surface area contributed by atoms with Crippen molar-refractivity contribution in [3.8, 4) is 0 Å². The molecule has 0 saturated carbocycles. The van der Waals surface area contributed by atoms with Crippen molar-refractivity contribution in [1.82, 2.24) is 4.90 Å². The minimum absolute atomic E-state index is 0.208. The molecule has 0 amide bonds. The molecule has 0 unspecified atom stereocenters. The number of piperidine rings is 1. The van der Waals surface area contributed by atoms with Crippen LogP contribution < -0.4 is 0 Å². The smallest absolute Gasteiger partial charge is 0.109 e. The zero-order chi connectivity index (χ0) is 14.7. The normalized spacial score (nSPS) is 33.0. The van der Waals surface area contributed by atoms with E-state index in [2.05, 4.69) is 6.92 Å². The summed E-state index contributed by atoms with van der Waals surface area (Å²) < 4.78 is 0. The van der Waals surface area contributed by atoms with Gasteiger partial charge < -0.3 is 20.4 Å². The summed E-state index contributed by atoms with van der Waals surface area (Å²) in [4.78, 5) is 1.85. The summed E-state index contributed by atoms with van der Waals surface area (Å²) in [7, 11) is 0. The van der Waals surface area contributed by atoms with Crippen LogP contribution in [0.3, 0.4) is 0 Å². The fourth-order valence-corrected chi connectivity index (χ4v) is 2.83. The molecule has 1 heterocycles. The molecule has 0 bridgehead atoms. The first-order valence-corrected chi connectivity index (χ1v) is 6.98. The quantitative estimate of drug-likeness (QED) is 0.601. The van der Waals surface area contributed by atoms with Crippen LogP contribution >= 0.6 is 0 Å². The van der Waals surface area contributed by atoms with Crippen LogP contribution in [0.15, 0.2) is 30.3 Å². The van der Waals surface area contributed by atoms with Crippen LogP contribution in [0.2, 0.25) is 0 Å². The Morgan fingerprint density at radius 1 is 1.15 bits per heavy atom. The summed E-state index contributed by atoms with van der Waals surface area (Å²) in [5.41, 5.74) is 1.17. The lowest BCUT2D eigenvalue weighted by atomic mass is 9.92. The molecule has 20 heavy (non-hydrogen) atoms. The van der Waals surface area contributed by atoms with Crippen LogP contribution in [0.5, 0.6) is 0 Å². The summed E-state index contributed by atoms with van der Waals surface area (Å²) in [5.74, 6) is 0.208. The number of likely N-dealkylation sites (tertiary alicyclic amines) is 1. The number of β-amino-alcohol motifs (C(OH)–C–C–N with tert-alkyl or cyclic N) is 1. The molecule has 4 N–H and O–H groups in total. The van der Waals surface area contributed by atoms with Crippen LogP contribution in [0.4, 0.5) is 0 Å². The summed E-state index contributed by atoms with van der Waals surface area (Å²) in [6.45, 7) is 2.68. The molecule has 5 atom stereocenters. The van der Waals surface area contributed by atoms with E-state index in [0.29, 0.717) is 6.54 Å². The average molecular weight is 281 g/mol. The first-order chi connectivity index (χ1) is 9.54. The van der Waals surface area contributed by atoms with Gasteiger partial charge in [0.1, 0.15) is 12.2 Å². The number of nitrogens with zero attached hydrogens (tertiary/aromatic N) is 1. The van der Waals surface area contributed by atoms with Crippen LogP contribution in [-0.2, 0) is 0 Å². The molecule has 0 spiro atoms. The van der Waals surface area contributed by atoms with Gasteiger partial charge in [0.15, 0.2) is 0 Å². The van der Waals surface area contributed by atoms with Gasteiger partial charge in [-0.05, 0) is 11.5 Å². The van der Waals surface area contributed by atoms with Crippen LogP contribution in [-0.4, -0.2) is 69.4 Å². The highest BCUT2D eigenvalue weighted by atomic mass is 16.4. The molecular formula is C15H23NO4. The third-order valence-electron chi connectivity index (χ3n) is 4.09.